The Bertz CT molecular complexity index is 937. The fourth-order valence-corrected chi connectivity index (χ4v) is 3.88. The van der Waals surface area contributed by atoms with Crippen molar-refractivity contribution in [1.29, 1.82) is 0 Å². The summed E-state index contributed by atoms with van der Waals surface area (Å²) in [6, 6.07) is 14.1. The Balaban J connectivity index is 1.93. The number of anilines is 1. The fraction of sp³-hybridized carbons (Fsp3) is 0.250. The van der Waals surface area contributed by atoms with Gasteiger partial charge in [0.25, 0.3) is 0 Å². The number of hydrogen-bond acceptors (Lipinski definition) is 3. The Morgan fingerprint density at radius 3 is 2.73 bits per heavy atom. The first-order chi connectivity index (χ1) is 12.7. The van der Waals surface area contributed by atoms with E-state index >= 15 is 0 Å². The smallest absolute Gasteiger partial charge is 0.133 e. The average Bonchev–Trinajstić information content (AvgIpc) is 2.84. The highest BCUT2D eigenvalue weighted by molar-refractivity contribution is 14.1. The maximum absolute atomic E-state index is 6.27. The Kier molecular flexibility index (Phi) is 5.09. The predicted octanol–water partition coefficient (Wildman–Crippen LogP) is 5.55. The summed E-state index contributed by atoms with van der Waals surface area (Å²) >= 11 is 8.59. The van der Waals surface area contributed by atoms with Crippen LogP contribution in [0.4, 0.5) is 5.82 Å². The van der Waals surface area contributed by atoms with Gasteiger partial charge in [0.15, 0.2) is 0 Å². The molecular weight excluding hydrogens is 461 g/mol. The van der Waals surface area contributed by atoms with Crippen LogP contribution in [0.1, 0.15) is 18.4 Å². The zero-order chi connectivity index (χ0) is 18.1. The molecule has 0 saturated carbocycles. The van der Waals surface area contributed by atoms with Crippen molar-refractivity contribution >= 4 is 40.0 Å². The van der Waals surface area contributed by atoms with Gasteiger partial charge < -0.3 is 10.1 Å². The number of methoxy groups -OCH3 is 1. The van der Waals surface area contributed by atoms with E-state index in [-0.39, 0.29) is 0 Å². The van der Waals surface area contributed by atoms with Crippen LogP contribution >= 0.6 is 34.2 Å². The Morgan fingerprint density at radius 2 is 1.96 bits per heavy atom. The summed E-state index contributed by atoms with van der Waals surface area (Å²) in [6.07, 6.45) is 3.26. The number of ether oxygens (including phenoxy) is 1. The van der Waals surface area contributed by atoms with Crippen molar-refractivity contribution in [2.24, 2.45) is 0 Å². The Morgan fingerprint density at radius 1 is 1.15 bits per heavy atom. The number of aromatic nitrogens is 2. The highest BCUT2D eigenvalue weighted by Gasteiger charge is 2.23. The van der Waals surface area contributed by atoms with E-state index in [1.807, 2.05) is 22.9 Å². The van der Waals surface area contributed by atoms with Gasteiger partial charge in [-0.15, -0.1) is 0 Å². The van der Waals surface area contributed by atoms with Crippen molar-refractivity contribution in [1.82, 2.24) is 9.78 Å². The topological polar surface area (TPSA) is 39.1 Å². The summed E-state index contributed by atoms with van der Waals surface area (Å²) in [5.41, 5.74) is 4.14. The molecule has 0 unspecified atom stereocenters. The molecule has 1 aliphatic heterocycles. The molecule has 0 spiro atoms. The number of rotatable bonds is 3. The van der Waals surface area contributed by atoms with Crippen LogP contribution in [0.2, 0.25) is 5.02 Å². The summed E-state index contributed by atoms with van der Waals surface area (Å²) in [5, 5.41) is 9.22. The van der Waals surface area contributed by atoms with Crippen molar-refractivity contribution in [2.75, 3.05) is 19.0 Å². The second kappa shape index (κ2) is 7.48. The summed E-state index contributed by atoms with van der Waals surface area (Å²) < 4.78 is 8.79. The Hall–Kier alpha value is -1.73. The third-order valence-electron chi connectivity index (χ3n) is 4.62. The van der Waals surface area contributed by atoms with Gasteiger partial charge in [-0.05, 0) is 84.3 Å². The van der Waals surface area contributed by atoms with Crippen LogP contribution in [0, 0.1) is 3.57 Å². The number of fused-ring (bicyclic) bond motifs is 1. The minimum atomic E-state index is 0.681. The normalized spacial score (nSPS) is 13.7. The molecule has 4 rings (SSSR count). The summed E-state index contributed by atoms with van der Waals surface area (Å²) in [4.78, 5) is 0. The quantitative estimate of drug-likeness (QED) is 0.500. The lowest BCUT2D eigenvalue weighted by atomic mass is 10.0. The molecule has 4 nitrogen and oxygen atoms in total. The van der Waals surface area contributed by atoms with E-state index in [2.05, 4.69) is 52.2 Å². The number of hydrogen-bond donors (Lipinski definition) is 1. The predicted molar refractivity (Wildman–Crippen MR) is 115 cm³/mol. The lowest BCUT2D eigenvalue weighted by Crippen LogP contribution is -2.07. The highest BCUT2D eigenvalue weighted by Crippen LogP contribution is 2.39. The van der Waals surface area contributed by atoms with Gasteiger partial charge in [-0.25, -0.2) is 4.68 Å². The molecule has 134 valence electrons. The van der Waals surface area contributed by atoms with Crippen molar-refractivity contribution in [3.63, 3.8) is 0 Å². The molecule has 26 heavy (non-hydrogen) atoms. The van der Waals surface area contributed by atoms with E-state index in [1.165, 1.54) is 9.13 Å². The largest absolute Gasteiger partial charge is 0.496 e. The van der Waals surface area contributed by atoms with Gasteiger partial charge in [0.05, 0.1) is 12.8 Å². The van der Waals surface area contributed by atoms with Gasteiger partial charge in [0.2, 0.25) is 0 Å². The standard InChI is InChI=1S/C20H19ClIN3O/c1-26-18-10-5-13(21)12-17(18)19-16-4-2-3-11-23-20(16)25(24-19)15-8-6-14(22)7-9-15/h5-10,12,23H,2-4,11H2,1H3. The van der Waals surface area contributed by atoms with E-state index in [1.54, 1.807) is 7.11 Å². The molecule has 0 atom stereocenters. The minimum absolute atomic E-state index is 0.681. The van der Waals surface area contributed by atoms with E-state index in [0.29, 0.717) is 5.02 Å². The van der Waals surface area contributed by atoms with Crippen molar-refractivity contribution in [2.45, 2.75) is 19.3 Å². The van der Waals surface area contributed by atoms with Crippen LogP contribution < -0.4 is 10.1 Å². The first kappa shape index (κ1) is 17.7. The van der Waals surface area contributed by atoms with Gasteiger partial charge in [0.1, 0.15) is 17.3 Å². The van der Waals surface area contributed by atoms with Gasteiger partial charge in [-0.3, -0.25) is 0 Å². The molecule has 2 aromatic carbocycles. The van der Waals surface area contributed by atoms with Crippen LogP contribution in [0.15, 0.2) is 42.5 Å². The van der Waals surface area contributed by atoms with Crippen molar-refractivity contribution in [3.8, 4) is 22.7 Å². The summed E-state index contributed by atoms with van der Waals surface area (Å²) in [6.45, 7) is 0.954. The number of nitrogens with zero attached hydrogens (tertiary/aromatic N) is 2. The molecule has 0 radical (unpaired) electrons. The molecule has 1 aliphatic rings. The molecule has 0 aliphatic carbocycles. The van der Waals surface area contributed by atoms with Crippen LogP contribution in [0.5, 0.6) is 5.75 Å². The number of benzene rings is 2. The maximum atomic E-state index is 6.27. The van der Waals surface area contributed by atoms with Crippen molar-refractivity contribution in [3.05, 3.63) is 56.6 Å². The molecule has 0 saturated heterocycles. The van der Waals surface area contributed by atoms with Gasteiger partial charge in [-0.2, -0.15) is 5.10 Å². The van der Waals surface area contributed by atoms with Crippen LogP contribution in [0.3, 0.4) is 0 Å². The zero-order valence-electron chi connectivity index (χ0n) is 14.4. The zero-order valence-corrected chi connectivity index (χ0v) is 17.3. The van der Waals surface area contributed by atoms with Gasteiger partial charge >= 0.3 is 0 Å². The van der Waals surface area contributed by atoms with E-state index in [9.17, 15) is 0 Å². The van der Waals surface area contributed by atoms with E-state index in [0.717, 1.165) is 54.3 Å². The third kappa shape index (κ3) is 3.30. The molecule has 0 amide bonds. The first-order valence-electron chi connectivity index (χ1n) is 8.63. The molecule has 3 aromatic rings. The lowest BCUT2D eigenvalue weighted by molar-refractivity contribution is 0.416. The van der Waals surface area contributed by atoms with Crippen LogP contribution in [-0.2, 0) is 6.42 Å². The second-order valence-corrected chi connectivity index (χ2v) is 7.97. The molecule has 1 N–H and O–H groups in total. The monoisotopic (exact) mass is 479 g/mol. The van der Waals surface area contributed by atoms with Crippen LogP contribution in [0.25, 0.3) is 16.9 Å². The van der Waals surface area contributed by atoms with Crippen molar-refractivity contribution < 1.29 is 4.74 Å². The SMILES string of the molecule is COc1ccc(Cl)cc1-c1nn(-c2ccc(I)cc2)c2c1CCCCN2. The van der Waals surface area contributed by atoms with Crippen LogP contribution in [-0.4, -0.2) is 23.4 Å². The molecule has 6 heteroatoms. The molecule has 0 fully saturated rings. The summed E-state index contributed by atoms with van der Waals surface area (Å²) in [5.74, 6) is 1.86. The first-order valence-corrected chi connectivity index (χ1v) is 10.1. The lowest BCUT2D eigenvalue weighted by Gasteiger charge is -2.09. The fourth-order valence-electron chi connectivity index (χ4n) is 3.35. The van der Waals surface area contributed by atoms with E-state index in [4.69, 9.17) is 21.4 Å². The van der Waals surface area contributed by atoms with E-state index < -0.39 is 0 Å². The Labute approximate surface area is 171 Å². The number of halogens is 2. The highest BCUT2D eigenvalue weighted by atomic mass is 127. The number of nitrogens with one attached hydrogen (secondary N) is 1. The third-order valence-corrected chi connectivity index (χ3v) is 5.57. The molecule has 0 bridgehead atoms. The molecule has 2 heterocycles. The second-order valence-electron chi connectivity index (χ2n) is 6.29. The summed E-state index contributed by atoms with van der Waals surface area (Å²) in [7, 11) is 1.68. The minimum Gasteiger partial charge on any atom is -0.496 e. The maximum Gasteiger partial charge on any atom is 0.133 e. The average molecular weight is 480 g/mol. The van der Waals surface area contributed by atoms with Gasteiger partial charge in [0, 0.05) is 26.3 Å². The van der Waals surface area contributed by atoms with Gasteiger partial charge in [-0.1, -0.05) is 11.6 Å². The molecule has 1 aromatic heterocycles. The molecular formula is C20H19ClIN3O.